The summed E-state index contributed by atoms with van der Waals surface area (Å²) in [5, 5.41) is 25.1. The Morgan fingerprint density at radius 1 is 1.46 bits per heavy atom. The van der Waals surface area contributed by atoms with Crippen LogP contribution in [0.25, 0.3) is 0 Å². The van der Waals surface area contributed by atoms with Gasteiger partial charge in [0.15, 0.2) is 0 Å². The molecule has 0 radical (unpaired) electrons. The van der Waals surface area contributed by atoms with Crippen molar-refractivity contribution in [3.05, 3.63) is 0 Å². The lowest BCUT2D eigenvalue weighted by Gasteiger charge is -2.33. The lowest BCUT2D eigenvalue weighted by Crippen LogP contribution is -2.50. The Bertz CT molecular complexity index is 147. The van der Waals surface area contributed by atoms with Crippen LogP contribution in [0.1, 0.15) is 19.8 Å². The summed E-state index contributed by atoms with van der Waals surface area (Å²) in [6.07, 6.45) is 1.58. The molecule has 0 aromatic rings. The fourth-order valence-electron chi connectivity index (χ4n) is 1.50. The summed E-state index contributed by atoms with van der Waals surface area (Å²) in [7, 11) is 0. The molecule has 13 heavy (non-hydrogen) atoms. The van der Waals surface area contributed by atoms with Crippen LogP contribution >= 0.6 is 0 Å². The zero-order valence-corrected chi connectivity index (χ0v) is 8.21. The first kappa shape index (κ1) is 10.9. The molecule has 78 valence electrons. The molecule has 1 fully saturated rings. The van der Waals surface area contributed by atoms with Gasteiger partial charge in [-0.2, -0.15) is 0 Å². The van der Waals surface area contributed by atoms with Crippen molar-refractivity contribution in [3.63, 3.8) is 0 Å². The summed E-state index contributed by atoms with van der Waals surface area (Å²) in [5.41, 5.74) is -0.575. The van der Waals surface area contributed by atoms with E-state index in [1.807, 2.05) is 6.92 Å². The molecule has 0 aromatic heterocycles. The van der Waals surface area contributed by atoms with E-state index in [0.717, 1.165) is 25.9 Å². The molecule has 1 unspecified atom stereocenters. The van der Waals surface area contributed by atoms with E-state index in [-0.39, 0.29) is 12.6 Å². The van der Waals surface area contributed by atoms with Crippen molar-refractivity contribution in [2.24, 2.45) is 0 Å². The van der Waals surface area contributed by atoms with E-state index in [0.29, 0.717) is 6.54 Å². The van der Waals surface area contributed by atoms with Gasteiger partial charge in [0.25, 0.3) is 0 Å². The first-order valence-corrected chi connectivity index (χ1v) is 4.94. The van der Waals surface area contributed by atoms with Gasteiger partial charge in [0, 0.05) is 12.6 Å². The molecule has 1 rings (SSSR count). The van der Waals surface area contributed by atoms with Gasteiger partial charge in [0.2, 0.25) is 0 Å². The molecular weight excluding hydrogens is 168 g/mol. The maximum atomic E-state index is 10.0. The molecule has 4 heteroatoms. The number of nitrogens with one attached hydrogen (secondary N) is 2. The van der Waals surface area contributed by atoms with E-state index in [2.05, 4.69) is 10.6 Å². The molecular formula is C9H20N2O2. The monoisotopic (exact) mass is 188 g/mol. The molecule has 0 amide bonds. The third-order valence-electron chi connectivity index (χ3n) is 2.59. The van der Waals surface area contributed by atoms with Crippen molar-refractivity contribution in [2.45, 2.75) is 31.4 Å². The van der Waals surface area contributed by atoms with E-state index in [1.165, 1.54) is 0 Å². The Kier molecular flexibility index (Phi) is 4.12. The lowest BCUT2D eigenvalue weighted by molar-refractivity contribution is 0.00779. The van der Waals surface area contributed by atoms with E-state index in [1.54, 1.807) is 0 Å². The smallest absolute Gasteiger partial charge is 0.0795 e. The highest BCUT2D eigenvalue weighted by molar-refractivity contribution is 4.86. The van der Waals surface area contributed by atoms with Gasteiger partial charge < -0.3 is 20.8 Å². The molecule has 1 aliphatic heterocycles. The van der Waals surface area contributed by atoms with Gasteiger partial charge in [0.1, 0.15) is 0 Å². The van der Waals surface area contributed by atoms with Crippen LogP contribution in [-0.2, 0) is 0 Å². The highest BCUT2D eigenvalue weighted by atomic mass is 16.3. The van der Waals surface area contributed by atoms with Gasteiger partial charge in [-0.1, -0.05) is 0 Å². The van der Waals surface area contributed by atoms with Gasteiger partial charge in [-0.25, -0.2) is 0 Å². The second kappa shape index (κ2) is 4.91. The number of aliphatic hydroxyl groups is 2. The van der Waals surface area contributed by atoms with Gasteiger partial charge in [-0.15, -0.1) is 0 Å². The molecule has 0 aliphatic carbocycles. The zero-order valence-electron chi connectivity index (χ0n) is 8.21. The topological polar surface area (TPSA) is 64.5 Å². The molecule has 1 atom stereocenters. The van der Waals surface area contributed by atoms with Gasteiger partial charge in [0.05, 0.1) is 12.2 Å². The Balaban J connectivity index is 2.24. The SMILES string of the molecule is CC(CO)NCC1(O)CCNCC1. The van der Waals surface area contributed by atoms with Gasteiger partial charge in [-0.05, 0) is 32.9 Å². The van der Waals surface area contributed by atoms with E-state index >= 15 is 0 Å². The third kappa shape index (κ3) is 3.60. The summed E-state index contributed by atoms with van der Waals surface area (Å²) >= 11 is 0. The molecule has 0 saturated carbocycles. The molecule has 0 spiro atoms. The molecule has 4 nitrogen and oxygen atoms in total. The third-order valence-corrected chi connectivity index (χ3v) is 2.59. The van der Waals surface area contributed by atoms with Crippen LogP contribution in [0.3, 0.4) is 0 Å². The Labute approximate surface area is 79.3 Å². The predicted molar refractivity (Wildman–Crippen MR) is 51.6 cm³/mol. The zero-order chi connectivity index (χ0) is 9.73. The summed E-state index contributed by atoms with van der Waals surface area (Å²) < 4.78 is 0. The average molecular weight is 188 g/mol. The summed E-state index contributed by atoms with van der Waals surface area (Å²) in [6, 6.07) is 0.0684. The van der Waals surface area contributed by atoms with Crippen molar-refractivity contribution < 1.29 is 10.2 Å². The van der Waals surface area contributed by atoms with Crippen LogP contribution in [0.15, 0.2) is 0 Å². The number of rotatable bonds is 4. The van der Waals surface area contributed by atoms with Gasteiger partial charge >= 0.3 is 0 Å². The van der Waals surface area contributed by atoms with Crippen molar-refractivity contribution in [1.82, 2.24) is 10.6 Å². The first-order chi connectivity index (χ1) is 6.16. The minimum absolute atomic E-state index is 0.0684. The molecule has 1 heterocycles. The summed E-state index contributed by atoms with van der Waals surface area (Å²) in [4.78, 5) is 0. The normalized spacial score (nSPS) is 24.2. The Morgan fingerprint density at radius 2 is 2.08 bits per heavy atom. The molecule has 0 aromatic carbocycles. The standard InChI is InChI=1S/C9H20N2O2/c1-8(6-12)11-7-9(13)2-4-10-5-3-9/h8,10-13H,2-7H2,1H3. The number of hydrogen-bond acceptors (Lipinski definition) is 4. The average Bonchev–Trinajstić information content (AvgIpc) is 2.15. The summed E-state index contributed by atoms with van der Waals surface area (Å²) in [5.74, 6) is 0. The molecule has 1 aliphatic rings. The highest BCUT2D eigenvalue weighted by Gasteiger charge is 2.28. The second-order valence-corrected chi connectivity index (χ2v) is 3.94. The van der Waals surface area contributed by atoms with Crippen molar-refractivity contribution in [2.75, 3.05) is 26.2 Å². The van der Waals surface area contributed by atoms with Crippen molar-refractivity contribution in [1.29, 1.82) is 0 Å². The lowest BCUT2D eigenvalue weighted by atomic mass is 9.92. The van der Waals surface area contributed by atoms with E-state index in [4.69, 9.17) is 5.11 Å². The van der Waals surface area contributed by atoms with E-state index < -0.39 is 5.60 Å². The number of hydrogen-bond donors (Lipinski definition) is 4. The Hall–Kier alpha value is -0.160. The maximum Gasteiger partial charge on any atom is 0.0795 e. The fourth-order valence-corrected chi connectivity index (χ4v) is 1.50. The highest BCUT2D eigenvalue weighted by Crippen LogP contribution is 2.16. The first-order valence-electron chi connectivity index (χ1n) is 4.94. The summed E-state index contributed by atoms with van der Waals surface area (Å²) in [6.45, 7) is 4.37. The van der Waals surface area contributed by atoms with Crippen LogP contribution in [-0.4, -0.2) is 48.1 Å². The Morgan fingerprint density at radius 3 is 2.62 bits per heavy atom. The maximum absolute atomic E-state index is 10.0. The quantitative estimate of drug-likeness (QED) is 0.460. The van der Waals surface area contributed by atoms with Gasteiger partial charge in [-0.3, -0.25) is 0 Å². The number of aliphatic hydroxyl groups excluding tert-OH is 1. The molecule has 0 bridgehead atoms. The van der Waals surface area contributed by atoms with Crippen molar-refractivity contribution in [3.8, 4) is 0 Å². The predicted octanol–water partition coefficient (Wildman–Crippen LogP) is -0.929. The molecule has 1 saturated heterocycles. The fraction of sp³-hybridized carbons (Fsp3) is 1.00. The van der Waals surface area contributed by atoms with Crippen LogP contribution in [0.2, 0.25) is 0 Å². The van der Waals surface area contributed by atoms with Crippen molar-refractivity contribution >= 4 is 0 Å². The van der Waals surface area contributed by atoms with E-state index in [9.17, 15) is 5.11 Å². The largest absolute Gasteiger partial charge is 0.395 e. The minimum Gasteiger partial charge on any atom is -0.395 e. The van der Waals surface area contributed by atoms with Crippen LogP contribution < -0.4 is 10.6 Å². The van der Waals surface area contributed by atoms with Crippen LogP contribution in [0.5, 0.6) is 0 Å². The van der Waals surface area contributed by atoms with Crippen LogP contribution in [0.4, 0.5) is 0 Å². The second-order valence-electron chi connectivity index (χ2n) is 3.94. The molecule has 4 N–H and O–H groups in total. The number of piperidine rings is 1. The van der Waals surface area contributed by atoms with Crippen LogP contribution in [0, 0.1) is 0 Å². The minimum atomic E-state index is -0.575.